The Hall–Kier alpha value is -2.08. The second-order valence-corrected chi connectivity index (χ2v) is 5.83. The molecule has 1 aromatic heterocycles. The Bertz CT molecular complexity index is 686. The molecule has 0 aliphatic carbocycles. The number of aryl methyl sites for hydroxylation is 1. The Morgan fingerprint density at radius 2 is 1.75 bits per heavy atom. The second kappa shape index (κ2) is 6.38. The molecule has 0 fully saturated rings. The van der Waals surface area contributed by atoms with Crippen LogP contribution < -0.4 is 0 Å². The van der Waals surface area contributed by atoms with Gasteiger partial charge in [-0.15, -0.1) is 0 Å². The summed E-state index contributed by atoms with van der Waals surface area (Å²) in [6.45, 7) is 0. The van der Waals surface area contributed by atoms with Crippen molar-refractivity contribution < 1.29 is 12.8 Å². The van der Waals surface area contributed by atoms with Crippen molar-refractivity contribution in [1.29, 1.82) is 0 Å². The molecule has 0 amide bonds. The lowest BCUT2D eigenvalue weighted by atomic mass is 10.1. The summed E-state index contributed by atoms with van der Waals surface area (Å²) in [5, 5.41) is -1.73. The lowest BCUT2D eigenvalue weighted by Gasteiger charge is -2.00. The fourth-order valence-corrected chi connectivity index (χ4v) is 2.53. The molecule has 0 radical (unpaired) electrons. The van der Waals surface area contributed by atoms with E-state index in [0.29, 0.717) is 12.8 Å². The Labute approximate surface area is 116 Å². The van der Waals surface area contributed by atoms with Gasteiger partial charge in [-0.25, -0.2) is 18.4 Å². The van der Waals surface area contributed by atoms with Gasteiger partial charge in [0.1, 0.15) is 0 Å². The summed E-state index contributed by atoms with van der Waals surface area (Å²) in [6.07, 6.45) is 4.44. The number of nitrogens with zero attached hydrogens (tertiary/aromatic N) is 2. The van der Waals surface area contributed by atoms with E-state index in [1.165, 1.54) is 18.5 Å². The minimum absolute atomic E-state index is 0.294. The summed E-state index contributed by atoms with van der Waals surface area (Å²) in [6, 6.07) is 10.9. The molecule has 0 bridgehead atoms. The Morgan fingerprint density at radius 3 is 2.40 bits per heavy atom. The zero-order valence-electron chi connectivity index (χ0n) is 10.6. The van der Waals surface area contributed by atoms with E-state index >= 15 is 0 Å². The number of allylic oxidation sites excluding steroid dienone is 1. The maximum Gasteiger partial charge on any atom is 0.268 e. The lowest BCUT2D eigenvalue weighted by Crippen LogP contribution is -2.06. The first-order valence-corrected chi connectivity index (χ1v) is 7.51. The summed E-state index contributed by atoms with van der Waals surface area (Å²) in [5.74, 6) is 0. The van der Waals surface area contributed by atoms with Gasteiger partial charge in [-0.1, -0.05) is 30.3 Å². The van der Waals surface area contributed by atoms with E-state index in [9.17, 15) is 12.8 Å². The zero-order valence-corrected chi connectivity index (χ0v) is 11.4. The average Bonchev–Trinajstić information content (AvgIpc) is 2.49. The van der Waals surface area contributed by atoms with Gasteiger partial charge in [0.05, 0.1) is 0 Å². The standard InChI is InChI=1S/C14H13FN2O2S/c15-13(9-4-8-12-6-2-1-3-7-12)20(18,19)14-16-10-5-11-17-14/h1-3,5-7,9-11H,4,8H2/b13-9+. The van der Waals surface area contributed by atoms with Crippen molar-refractivity contribution in [2.24, 2.45) is 0 Å². The van der Waals surface area contributed by atoms with E-state index < -0.39 is 20.2 Å². The van der Waals surface area contributed by atoms with Crippen LogP contribution in [-0.4, -0.2) is 18.4 Å². The van der Waals surface area contributed by atoms with Gasteiger partial charge in [0.15, 0.2) is 0 Å². The van der Waals surface area contributed by atoms with Crippen LogP contribution in [0.4, 0.5) is 4.39 Å². The summed E-state index contributed by atoms with van der Waals surface area (Å²) >= 11 is 0. The molecular formula is C14H13FN2O2S. The molecule has 0 saturated carbocycles. The summed E-state index contributed by atoms with van der Waals surface area (Å²) < 4.78 is 37.4. The van der Waals surface area contributed by atoms with Gasteiger partial charge in [0.25, 0.3) is 15.0 Å². The highest BCUT2D eigenvalue weighted by molar-refractivity contribution is 7.94. The van der Waals surface area contributed by atoms with E-state index in [4.69, 9.17) is 0 Å². The first-order valence-electron chi connectivity index (χ1n) is 6.02. The largest absolute Gasteiger partial charge is 0.268 e. The van der Waals surface area contributed by atoms with Gasteiger partial charge in [-0.05, 0) is 30.5 Å². The van der Waals surface area contributed by atoms with Gasteiger partial charge < -0.3 is 0 Å². The summed E-state index contributed by atoms with van der Waals surface area (Å²) in [5.41, 5.74) is 1.02. The molecule has 0 saturated heterocycles. The quantitative estimate of drug-likeness (QED) is 0.795. The maximum absolute atomic E-state index is 13.8. The van der Waals surface area contributed by atoms with Crippen LogP contribution in [0.15, 0.2) is 65.2 Å². The predicted octanol–water partition coefficient (Wildman–Crippen LogP) is 2.69. The van der Waals surface area contributed by atoms with Crippen LogP contribution in [0.1, 0.15) is 12.0 Å². The first-order chi connectivity index (χ1) is 9.60. The number of aromatic nitrogens is 2. The Balaban J connectivity index is 2.07. The van der Waals surface area contributed by atoms with Crippen LogP contribution in [-0.2, 0) is 16.3 Å². The van der Waals surface area contributed by atoms with Crippen molar-refractivity contribution in [3.05, 3.63) is 65.6 Å². The molecule has 0 N–H and O–H groups in total. The zero-order chi connectivity index (χ0) is 14.4. The molecule has 2 aromatic rings. The van der Waals surface area contributed by atoms with Crippen molar-refractivity contribution in [3.8, 4) is 0 Å². The maximum atomic E-state index is 13.8. The molecule has 6 heteroatoms. The molecule has 0 atom stereocenters. The lowest BCUT2D eigenvalue weighted by molar-refractivity contribution is 0.567. The fourth-order valence-electron chi connectivity index (χ4n) is 1.62. The van der Waals surface area contributed by atoms with Gasteiger partial charge in [-0.3, -0.25) is 0 Å². The summed E-state index contributed by atoms with van der Waals surface area (Å²) in [4.78, 5) is 7.12. The molecule has 1 aromatic carbocycles. The SMILES string of the molecule is O=S(=O)(/C(F)=C/CCc1ccccc1)c1ncccn1. The molecule has 0 unspecified atom stereocenters. The van der Waals surface area contributed by atoms with E-state index in [2.05, 4.69) is 9.97 Å². The van der Waals surface area contributed by atoms with Crippen molar-refractivity contribution in [2.75, 3.05) is 0 Å². The highest BCUT2D eigenvalue weighted by atomic mass is 32.2. The minimum atomic E-state index is -4.22. The molecule has 0 aliphatic rings. The van der Waals surface area contributed by atoms with Crippen LogP contribution >= 0.6 is 0 Å². The average molecular weight is 292 g/mol. The third kappa shape index (κ3) is 3.48. The number of halogens is 1. The van der Waals surface area contributed by atoms with Crippen LogP contribution in [0.3, 0.4) is 0 Å². The predicted molar refractivity (Wildman–Crippen MR) is 73.2 cm³/mol. The van der Waals surface area contributed by atoms with E-state index in [-0.39, 0.29) is 0 Å². The fraction of sp³-hybridized carbons (Fsp3) is 0.143. The molecule has 1 heterocycles. The second-order valence-electron chi connectivity index (χ2n) is 4.07. The van der Waals surface area contributed by atoms with Crippen molar-refractivity contribution in [1.82, 2.24) is 9.97 Å². The number of rotatable bonds is 5. The Morgan fingerprint density at radius 1 is 1.10 bits per heavy atom. The van der Waals surface area contributed by atoms with E-state index in [1.54, 1.807) is 0 Å². The third-order valence-corrected chi connectivity index (χ3v) is 3.99. The van der Waals surface area contributed by atoms with E-state index in [1.807, 2.05) is 30.3 Å². The molecule has 4 nitrogen and oxygen atoms in total. The van der Waals surface area contributed by atoms with Crippen LogP contribution in [0.2, 0.25) is 0 Å². The molecule has 0 aliphatic heterocycles. The van der Waals surface area contributed by atoms with Crippen LogP contribution in [0, 0.1) is 0 Å². The van der Waals surface area contributed by atoms with Gasteiger partial charge in [0, 0.05) is 12.4 Å². The third-order valence-electron chi connectivity index (χ3n) is 2.62. The van der Waals surface area contributed by atoms with Crippen molar-refractivity contribution in [3.63, 3.8) is 0 Å². The number of hydrogen-bond donors (Lipinski definition) is 0. The van der Waals surface area contributed by atoms with E-state index in [0.717, 1.165) is 11.6 Å². The van der Waals surface area contributed by atoms with Gasteiger partial charge in [0.2, 0.25) is 5.16 Å². The van der Waals surface area contributed by atoms with Crippen LogP contribution in [0.25, 0.3) is 0 Å². The molecule has 104 valence electrons. The highest BCUT2D eigenvalue weighted by Crippen LogP contribution is 2.17. The molecule has 0 spiro atoms. The number of benzene rings is 1. The van der Waals surface area contributed by atoms with Crippen molar-refractivity contribution in [2.45, 2.75) is 18.0 Å². The molecule has 2 rings (SSSR count). The number of sulfone groups is 1. The van der Waals surface area contributed by atoms with Crippen LogP contribution in [0.5, 0.6) is 0 Å². The molecular weight excluding hydrogens is 279 g/mol. The number of hydrogen-bond acceptors (Lipinski definition) is 4. The monoisotopic (exact) mass is 292 g/mol. The normalized spacial score (nSPS) is 12.3. The van der Waals surface area contributed by atoms with Gasteiger partial charge in [-0.2, -0.15) is 4.39 Å². The summed E-state index contributed by atoms with van der Waals surface area (Å²) in [7, 11) is -4.22. The molecule has 20 heavy (non-hydrogen) atoms. The topological polar surface area (TPSA) is 59.9 Å². The van der Waals surface area contributed by atoms with Gasteiger partial charge >= 0.3 is 0 Å². The Kier molecular flexibility index (Phi) is 4.57. The van der Waals surface area contributed by atoms with Crippen molar-refractivity contribution >= 4 is 9.84 Å². The minimum Gasteiger partial charge on any atom is -0.226 e. The smallest absolute Gasteiger partial charge is 0.226 e. The first kappa shape index (κ1) is 14.3. The highest BCUT2D eigenvalue weighted by Gasteiger charge is 2.23.